The van der Waals surface area contributed by atoms with Crippen molar-refractivity contribution in [3.05, 3.63) is 72.7 Å². The van der Waals surface area contributed by atoms with Gasteiger partial charge in [-0.25, -0.2) is 18.7 Å². The van der Waals surface area contributed by atoms with Gasteiger partial charge in [0.2, 0.25) is 5.95 Å². The number of aromatic nitrogens is 2. The highest BCUT2D eigenvalue weighted by atomic mass is 19.1. The zero-order chi connectivity index (χ0) is 18.7. The molecule has 1 aromatic carbocycles. The number of halogens is 3. The van der Waals surface area contributed by atoms with E-state index < -0.39 is 17.6 Å². The molecule has 0 fully saturated rings. The number of hydrogen-bond donors (Lipinski definition) is 1. The molecule has 0 spiro atoms. The van der Waals surface area contributed by atoms with Gasteiger partial charge in [-0.1, -0.05) is 0 Å². The standard InChI is InChI=1S/C19H15F3N3O/c1-3-26-16-8-12(20)4-5-13(16)14-9-18(23-10-15(14)21)25-19-7-11(2)6-17(22)24-19/h4-10H,2-3H2,1H3,(H,23,24,25). The van der Waals surface area contributed by atoms with Crippen LogP contribution in [0.2, 0.25) is 0 Å². The summed E-state index contributed by atoms with van der Waals surface area (Å²) < 4.78 is 46.6. The predicted octanol–water partition coefficient (Wildman–Crippen LogP) is 4.89. The summed E-state index contributed by atoms with van der Waals surface area (Å²) in [6.45, 7) is 5.70. The van der Waals surface area contributed by atoms with E-state index in [0.717, 1.165) is 6.20 Å². The minimum atomic E-state index is -0.695. The molecule has 3 aromatic rings. The van der Waals surface area contributed by atoms with Gasteiger partial charge in [0.15, 0.2) is 0 Å². The van der Waals surface area contributed by atoms with E-state index in [9.17, 15) is 13.2 Å². The van der Waals surface area contributed by atoms with Crippen molar-refractivity contribution in [3.63, 3.8) is 0 Å². The molecule has 4 nitrogen and oxygen atoms in total. The highest BCUT2D eigenvalue weighted by molar-refractivity contribution is 5.73. The second-order valence-electron chi connectivity index (χ2n) is 5.43. The molecule has 0 amide bonds. The molecule has 0 atom stereocenters. The number of hydrogen-bond acceptors (Lipinski definition) is 4. The summed E-state index contributed by atoms with van der Waals surface area (Å²) in [5.74, 6) is -1.15. The highest BCUT2D eigenvalue weighted by Crippen LogP contribution is 2.34. The molecule has 3 rings (SSSR count). The van der Waals surface area contributed by atoms with Crippen LogP contribution in [0.25, 0.3) is 11.1 Å². The summed E-state index contributed by atoms with van der Waals surface area (Å²) in [7, 11) is 0. The Hall–Kier alpha value is -3.09. The van der Waals surface area contributed by atoms with Gasteiger partial charge in [0.1, 0.15) is 29.0 Å². The number of anilines is 2. The van der Waals surface area contributed by atoms with Gasteiger partial charge in [0, 0.05) is 17.2 Å². The fraction of sp³-hybridized carbons (Fsp3) is 0.105. The summed E-state index contributed by atoms with van der Waals surface area (Å²) in [5, 5.41) is 2.80. The molecule has 0 aliphatic heterocycles. The van der Waals surface area contributed by atoms with Gasteiger partial charge in [-0.15, -0.1) is 0 Å². The van der Waals surface area contributed by atoms with Gasteiger partial charge in [-0.2, -0.15) is 4.39 Å². The summed E-state index contributed by atoms with van der Waals surface area (Å²) in [4.78, 5) is 7.62. The maximum Gasteiger partial charge on any atom is 0.215 e. The third kappa shape index (κ3) is 3.93. The number of pyridine rings is 2. The van der Waals surface area contributed by atoms with Gasteiger partial charge in [-0.05, 0) is 49.7 Å². The molecule has 0 aliphatic rings. The largest absolute Gasteiger partial charge is 0.493 e. The lowest BCUT2D eigenvalue weighted by molar-refractivity contribution is 0.339. The molecule has 133 valence electrons. The normalized spacial score (nSPS) is 10.7. The number of nitrogens with one attached hydrogen (secondary N) is 1. The van der Waals surface area contributed by atoms with Crippen molar-refractivity contribution >= 4 is 11.6 Å². The quantitative estimate of drug-likeness (QED) is 0.660. The van der Waals surface area contributed by atoms with Crippen LogP contribution in [0.15, 0.2) is 42.6 Å². The van der Waals surface area contributed by atoms with Crippen LogP contribution in [0.1, 0.15) is 12.5 Å². The van der Waals surface area contributed by atoms with Crippen molar-refractivity contribution in [3.8, 4) is 16.9 Å². The SMILES string of the molecule is [CH2]c1cc(F)nc(Nc2cc(-c3ccc(F)cc3OCC)c(F)cn2)c1. The predicted molar refractivity (Wildman–Crippen MR) is 92.7 cm³/mol. The van der Waals surface area contributed by atoms with Crippen molar-refractivity contribution in [2.24, 2.45) is 0 Å². The van der Waals surface area contributed by atoms with E-state index in [-0.39, 0.29) is 22.9 Å². The Morgan fingerprint density at radius 1 is 1.04 bits per heavy atom. The smallest absolute Gasteiger partial charge is 0.215 e. The lowest BCUT2D eigenvalue weighted by Gasteiger charge is -2.13. The first kappa shape index (κ1) is 17.7. The molecule has 1 N–H and O–H groups in total. The molecule has 0 saturated carbocycles. The van der Waals surface area contributed by atoms with Crippen LogP contribution >= 0.6 is 0 Å². The van der Waals surface area contributed by atoms with Crippen LogP contribution in [0.5, 0.6) is 5.75 Å². The summed E-state index contributed by atoms with van der Waals surface area (Å²) >= 11 is 0. The minimum Gasteiger partial charge on any atom is -0.493 e. The Labute approximate surface area is 148 Å². The van der Waals surface area contributed by atoms with E-state index in [1.54, 1.807) is 6.92 Å². The molecule has 1 radical (unpaired) electrons. The molecular weight excluding hydrogens is 343 g/mol. The molecule has 0 unspecified atom stereocenters. The van der Waals surface area contributed by atoms with Crippen molar-refractivity contribution in [2.75, 3.05) is 11.9 Å². The van der Waals surface area contributed by atoms with Crippen LogP contribution in [0, 0.1) is 24.5 Å². The van der Waals surface area contributed by atoms with Crippen LogP contribution in [-0.2, 0) is 0 Å². The van der Waals surface area contributed by atoms with Gasteiger partial charge in [0.05, 0.1) is 12.8 Å². The molecule has 0 saturated heterocycles. The Bertz CT molecular complexity index is 927. The molecule has 7 heteroatoms. The fourth-order valence-corrected chi connectivity index (χ4v) is 2.45. The highest BCUT2D eigenvalue weighted by Gasteiger charge is 2.14. The summed E-state index contributed by atoms with van der Waals surface area (Å²) in [5.41, 5.74) is 0.970. The zero-order valence-corrected chi connectivity index (χ0v) is 13.9. The van der Waals surface area contributed by atoms with Crippen molar-refractivity contribution < 1.29 is 17.9 Å². The van der Waals surface area contributed by atoms with E-state index in [4.69, 9.17) is 4.74 Å². The van der Waals surface area contributed by atoms with E-state index in [1.165, 1.54) is 36.4 Å². The Morgan fingerprint density at radius 3 is 2.58 bits per heavy atom. The Kier molecular flexibility index (Phi) is 5.06. The number of benzene rings is 1. The van der Waals surface area contributed by atoms with Crippen molar-refractivity contribution in [1.29, 1.82) is 0 Å². The van der Waals surface area contributed by atoms with E-state index >= 15 is 0 Å². The third-order valence-corrected chi connectivity index (χ3v) is 3.50. The van der Waals surface area contributed by atoms with Gasteiger partial charge in [0.25, 0.3) is 0 Å². The number of ether oxygens (including phenoxy) is 1. The zero-order valence-electron chi connectivity index (χ0n) is 13.9. The second-order valence-corrected chi connectivity index (χ2v) is 5.43. The fourth-order valence-electron chi connectivity index (χ4n) is 2.45. The number of rotatable bonds is 5. The molecule has 26 heavy (non-hydrogen) atoms. The lowest BCUT2D eigenvalue weighted by atomic mass is 10.0. The Morgan fingerprint density at radius 2 is 1.85 bits per heavy atom. The molecule has 0 aliphatic carbocycles. The first-order valence-electron chi connectivity index (χ1n) is 7.81. The summed E-state index contributed by atoms with van der Waals surface area (Å²) in [6, 6.07) is 7.96. The maximum absolute atomic E-state index is 14.3. The van der Waals surface area contributed by atoms with Gasteiger partial charge in [-0.3, -0.25) is 0 Å². The lowest BCUT2D eigenvalue weighted by Crippen LogP contribution is -2.01. The summed E-state index contributed by atoms with van der Waals surface area (Å²) in [6.07, 6.45) is 1.02. The third-order valence-electron chi connectivity index (χ3n) is 3.50. The molecule has 2 heterocycles. The average Bonchev–Trinajstić information content (AvgIpc) is 2.56. The van der Waals surface area contributed by atoms with E-state index in [0.29, 0.717) is 17.7 Å². The monoisotopic (exact) mass is 358 g/mol. The van der Waals surface area contributed by atoms with Crippen LogP contribution in [0.3, 0.4) is 0 Å². The van der Waals surface area contributed by atoms with Crippen molar-refractivity contribution in [1.82, 2.24) is 9.97 Å². The van der Waals surface area contributed by atoms with Crippen LogP contribution < -0.4 is 10.1 Å². The van der Waals surface area contributed by atoms with Crippen molar-refractivity contribution in [2.45, 2.75) is 6.92 Å². The van der Waals surface area contributed by atoms with Gasteiger partial charge < -0.3 is 10.1 Å². The number of nitrogens with zero attached hydrogens (tertiary/aromatic N) is 2. The van der Waals surface area contributed by atoms with Gasteiger partial charge >= 0.3 is 0 Å². The topological polar surface area (TPSA) is 47.0 Å². The van der Waals surface area contributed by atoms with E-state index in [2.05, 4.69) is 22.2 Å². The molecular formula is C19H15F3N3O. The first-order valence-corrected chi connectivity index (χ1v) is 7.81. The maximum atomic E-state index is 14.3. The average molecular weight is 358 g/mol. The second kappa shape index (κ2) is 7.43. The minimum absolute atomic E-state index is 0.164. The molecule has 0 bridgehead atoms. The van der Waals surface area contributed by atoms with Crippen LogP contribution in [0.4, 0.5) is 24.8 Å². The van der Waals surface area contributed by atoms with Crippen LogP contribution in [-0.4, -0.2) is 16.6 Å². The van der Waals surface area contributed by atoms with E-state index in [1.807, 2.05) is 0 Å². The Balaban J connectivity index is 2.01. The molecule has 2 aromatic heterocycles. The first-order chi connectivity index (χ1) is 12.5.